The minimum Gasteiger partial charge on any atom is -0.314 e. The summed E-state index contributed by atoms with van der Waals surface area (Å²) in [7, 11) is 1.85. The van der Waals surface area contributed by atoms with Gasteiger partial charge in [0.25, 0.3) is 0 Å². The number of likely N-dealkylation sites (N-methyl/N-ethyl adjacent to an activating group) is 1. The highest BCUT2D eigenvalue weighted by Gasteiger charge is 2.46. The average Bonchev–Trinajstić information content (AvgIpc) is 2.65. The molecule has 0 aliphatic carbocycles. The van der Waals surface area contributed by atoms with Gasteiger partial charge in [-0.25, -0.2) is 0 Å². The molecule has 2 nitrogen and oxygen atoms in total. The van der Waals surface area contributed by atoms with Crippen LogP contribution in [0.15, 0.2) is 53.4 Å². The van der Waals surface area contributed by atoms with E-state index in [2.05, 4.69) is 37.3 Å². The lowest BCUT2D eigenvalue weighted by Gasteiger charge is -2.22. The van der Waals surface area contributed by atoms with E-state index in [1.165, 1.54) is 5.56 Å². The van der Waals surface area contributed by atoms with Crippen LogP contribution in [0.4, 0.5) is 5.69 Å². The van der Waals surface area contributed by atoms with Crippen molar-refractivity contribution in [1.82, 2.24) is 0 Å². The van der Waals surface area contributed by atoms with Crippen LogP contribution in [0.3, 0.4) is 0 Å². The summed E-state index contributed by atoms with van der Waals surface area (Å²) in [5.74, 6) is 0.143. The first-order chi connectivity index (χ1) is 9.52. The Labute approximate surface area is 123 Å². The lowest BCUT2D eigenvalue weighted by atomic mass is 10.0. The van der Waals surface area contributed by atoms with E-state index in [0.717, 1.165) is 16.1 Å². The molecule has 1 unspecified atom stereocenters. The average molecular weight is 283 g/mol. The molecule has 3 rings (SSSR count). The van der Waals surface area contributed by atoms with E-state index in [0.29, 0.717) is 0 Å². The van der Waals surface area contributed by atoms with Crippen LogP contribution in [-0.2, 0) is 9.54 Å². The summed E-state index contributed by atoms with van der Waals surface area (Å²) in [6.07, 6.45) is 0. The summed E-state index contributed by atoms with van der Waals surface area (Å²) in [6, 6.07) is 16.4. The van der Waals surface area contributed by atoms with Crippen LogP contribution in [-0.4, -0.2) is 13.0 Å². The van der Waals surface area contributed by atoms with Gasteiger partial charge in [-0.2, -0.15) is 0 Å². The Hall–Kier alpha value is -1.74. The molecule has 0 aromatic heterocycles. The number of aryl methyl sites for hydroxylation is 1. The van der Waals surface area contributed by atoms with Crippen molar-refractivity contribution in [2.24, 2.45) is 0 Å². The van der Waals surface area contributed by atoms with Crippen LogP contribution in [0.5, 0.6) is 0 Å². The topological polar surface area (TPSA) is 20.3 Å². The molecule has 20 heavy (non-hydrogen) atoms. The number of benzene rings is 2. The summed E-state index contributed by atoms with van der Waals surface area (Å²) >= 11 is 1.63. The van der Waals surface area contributed by atoms with Crippen LogP contribution in [0, 0.1) is 6.92 Å². The number of amides is 1. The molecular weight excluding hydrogens is 266 g/mol. The molecule has 1 amide bonds. The number of thioether (sulfide) groups is 1. The predicted molar refractivity (Wildman–Crippen MR) is 84.2 cm³/mol. The van der Waals surface area contributed by atoms with Crippen molar-refractivity contribution in [2.45, 2.75) is 23.5 Å². The first-order valence-corrected chi connectivity index (χ1v) is 7.47. The van der Waals surface area contributed by atoms with Crippen molar-refractivity contribution in [2.75, 3.05) is 11.9 Å². The first-order valence-electron chi connectivity index (χ1n) is 6.66. The molecular formula is C17H17NOS. The summed E-state index contributed by atoms with van der Waals surface area (Å²) in [6.45, 7) is 4.09. The van der Waals surface area contributed by atoms with Gasteiger partial charge in [0.05, 0.1) is 0 Å². The number of carbonyl (C=O) groups excluding carboxylic acids is 1. The summed E-state index contributed by atoms with van der Waals surface area (Å²) in [4.78, 5) is 15.5. The number of rotatable bonds is 2. The maximum absolute atomic E-state index is 12.7. The molecule has 0 saturated heterocycles. The SMILES string of the molecule is Cc1ccc(SC2(C)C(=O)N(C)c3ccccc32)cc1. The summed E-state index contributed by atoms with van der Waals surface area (Å²) < 4.78 is -0.541. The zero-order valence-electron chi connectivity index (χ0n) is 11.9. The molecule has 1 heterocycles. The van der Waals surface area contributed by atoms with E-state index in [9.17, 15) is 4.79 Å². The van der Waals surface area contributed by atoms with Crippen molar-refractivity contribution >= 4 is 23.4 Å². The van der Waals surface area contributed by atoms with Crippen LogP contribution >= 0.6 is 11.8 Å². The number of hydrogen-bond donors (Lipinski definition) is 0. The Bertz CT molecular complexity index is 665. The molecule has 0 saturated carbocycles. The smallest absolute Gasteiger partial charge is 0.247 e. The van der Waals surface area contributed by atoms with Gasteiger partial charge in [0.15, 0.2) is 0 Å². The quantitative estimate of drug-likeness (QED) is 0.831. The molecule has 0 spiro atoms. The Morgan fingerprint density at radius 3 is 2.40 bits per heavy atom. The van der Waals surface area contributed by atoms with Crippen molar-refractivity contribution in [3.8, 4) is 0 Å². The Morgan fingerprint density at radius 2 is 1.70 bits per heavy atom. The fourth-order valence-corrected chi connectivity index (χ4v) is 3.91. The van der Waals surface area contributed by atoms with Gasteiger partial charge in [-0.05, 0) is 32.0 Å². The Balaban J connectivity index is 2.03. The van der Waals surface area contributed by atoms with Crippen molar-refractivity contribution in [3.05, 3.63) is 59.7 Å². The van der Waals surface area contributed by atoms with Gasteiger partial charge in [-0.1, -0.05) is 35.9 Å². The van der Waals surface area contributed by atoms with Gasteiger partial charge in [0.2, 0.25) is 5.91 Å². The number of para-hydroxylation sites is 1. The molecule has 1 aliphatic heterocycles. The van der Waals surface area contributed by atoms with Gasteiger partial charge < -0.3 is 4.90 Å². The fraction of sp³-hybridized carbons (Fsp3) is 0.235. The van der Waals surface area contributed by atoms with Gasteiger partial charge in [-0.3, -0.25) is 4.79 Å². The standard InChI is InChI=1S/C17H17NOS/c1-12-8-10-13(11-9-12)20-17(2)14-6-4-5-7-15(14)18(3)16(17)19/h4-11H,1-3H3. The third-order valence-corrected chi connectivity index (χ3v) is 5.15. The van der Waals surface area contributed by atoms with Crippen LogP contribution in [0.1, 0.15) is 18.1 Å². The highest BCUT2D eigenvalue weighted by molar-refractivity contribution is 8.01. The lowest BCUT2D eigenvalue weighted by Crippen LogP contribution is -2.33. The number of nitrogens with zero attached hydrogens (tertiary/aromatic N) is 1. The van der Waals surface area contributed by atoms with Gasteiger partial charge >= 0.3 is 0 Å². The number of fused-ring (bicyclic) bond motifs is 1. The monoisotopic (exact) mass is 283 g/mol. The summed E-state index contributed by atoms with van der Waals surface area (Å²) in [5.41, 5.74) is 3.34. The van der Waals surface area contributed by atoms with E-state index in [1.54, 1.807) is 16.7 Å². The number of carbonyl (C=O) groups is 1. The molecule has 3 heteroatoms. The number of hydrogen-bond acceptors (Lipinski definition) is 2. The molecule has 0 fully saturated rings. The van der Waals surface area contributed by atoms with Gasteiger partial charge in [0, 0.05) is 23.2 Å². The largest absolute Gasteiger partial charge is 0.314 e. The predicted octanol–water partition coefficient (Wildman–Crippen LogP) is 3.98. The lowest BCUT2D eigenvalue weighted by molar-refractivity contribution is -0.119. The zero-order chi connectivity index (χ0) is 14.3. The first kappa shape index (κ1) is 13.3. The van der Waals surface area contributed by atoms with Crippen LogP contribution in [0.25, 0.3) is 0 Å². The molecule has 102 valence electrons. The van der Waals surface area contributed by atoms with E-state index in [4.69, 9.17) is 0 Å². The van der Waals surface area contributed by atoms with Crippen molar-refractivity contribution < 1.29 is 4.79 Å². The maximum atomic E-state index is 12.7. The Morgan fingerprint density at radius 1 is 1.05 bits per heavy atom. The zero-order valence-corrected chi connectivity index (χ0v) is 12.7. The van der Waals surface area contributed by atoms with Crippen molar-refractivity contribution in [1.29, 1.82) is 0 Å². The van der Waals surface area contributed by atoms with Crippen LogP contribution in [0.2, 0.25) is 0 Å². The van der Waals surface area contributed by atoms with E-state index >= 15 is 0 Å². The highest BCUT2D eigenvalue weighted by Crippen LogP contribution is 2.50. The second-order valence-corrected chi connectivity index (χ2v) is 6.82. The minimum absolute atomic E-state index is 0.143. The third-order valence-electron chi connectivity index (χ3n) is 3.84. The minimum atomic E-state index is -0.541. The summed E-state index contributed by atoms with van der Waals surface area (Å²) in [5, 5.41) is 0. The van der Waals surface area contributed by atoms with E-state index < -0.39 is 4.75 Å². The van der Waals surface area contributed by atoms with Gasteiger partial charge in [0.1, 0.15) is 4.75 Å². The molecule has 2 aromatic rings. The fourth-order valence-electron chi connectivity index (χ4n) is 2.65. The van der Waals surface area contributed by atoms with Crippen molar-refractivity contribution in [3.63, 3.8) is 0 Å². The normalized spacial score (nSPS) is 21.1. The number of anilines is 1. The van der Waals surface area contributed by atoms with Crippen LogP contribution < -0.4 is 4.90 Å². The Kier molecular flexibility index (Phi) is 3.09. The van der Waals surface area contributed by atoms with E-state index in [1.807, 2.05) is 32.2 Å². The maximum Gasteiger partial charge on any atom is 0.247 e. The second kappa shape index (κ2) is 4.67. The third kappa shape index (κ3) is 1.93. The molecule has 0 N–H and O–H groups in total. The van der Waals surface area contributed by atoms with Gasteiger partial charge in [-0.15, -0.1) is 11.8 Å². The van der Waals surface area contributed by atoms with E-state index in [-0.39, 0.29) is 5.91 Å². The molecule has 1 aliphatic rings. The molecule has 0 radical (unpaired) electrons. The molecule has 1 atom stereocenters. The second-order valence-electron chi connectivity index (χ2n) is 5.33. The molecule has 0 bridgehead atoms. The molecule has 2 aromatic carbocycles. The highest BCUT2D eigenvalue weighted by atomic mass is 32.2.